The first kappa shape index (κ1) is 23.3. The summed E-state index contributed by atoms with van der Waals surface area (Å²) in [6.07, 6.45) is 5.47. The molecule has 0 unspecified atom stereocenters. The minimum atomic E-state index is 0.186. The van der Waals surface area contributed by atoms with Crippen molar-refractivity contribution in [3.63, 3.8) is 0 Å². The van der Waals surface area contributed by atoms with Crippen LogP contribution in [-0.2, 0) is 0 Å². The molecule has 12 heteroatoms. The molecule has 0 atom stereocenters. The molecular formula is C25H24ClN11. The maximum absolute atomic E-state index is 9.71. The van der Waals surface area contributed by atoms with E-state index in [-0.39, 0.29) is 11.9 Å². The van der Waals surface area contributed by atoms with Crippen LogP contribution in [0.5, 0.6) is 0 Å². The topological polar surface area (TPSA) is 145 Å². The smallest absolute Gasteiger partial charge is 0.247 e. The Morgan fingerprint density at radius 1 is 1.03 bits per heavy atom. The fourth-order valence-corrected chi connectivity index (χ4v) is 5.24. The number of hydrogen-bond acceptors (Lipinski definition) is 10. The molecule has 2 aromatic heterocycles. The van der Waals surface area contributed by atoms with Gasteiger partial charge in [-0.3, -0.25) is 4.90 Å². The number of rotatable bonds is 6. The summed E-state index contributed by atoms with van der Waals surface area (Å²) in [7, 11) is 0. The van der Waals surface area contributed by atoms with Gasteiger partial charge in [-0.15, -0.1) is 5.10 Å². The van der Waals surface area contributed by atoms with Gasteiger partial charge in [0.15, 0.2) is 17.2 Å². The van der Waals surface area contributed by atoms with Crippen LogP contribution in [0.25, 0.3) is 5.65 Å². The second-order valence-electron chi connectivity index (χ2n) is 9.76. The number of nitrogens with one attached hydrogen (secondary N) is 2. The Bertz CT molecular complexity index is 1480. The van der Waals surface area contributed by atoms with Gasteiger partial charge in [-0.1, -0.05) is 11.6 Å². The van der Waals surface area contributed by atoms with Crippen molar-refractivity contribution in [3.8, 4) is 18.2 Å². The second-order valence-corrected chi connectivity index (χ2v) is 10.1. The Labute approximate surface area is 218 Å². The zero-order chi connectivity index (χ0) is 25.5. The summed E-state index contributed by atoms with van der Waals surface area (Å²) in [6, 6.07) is 11.0. The zero-order valence-electron chi connectivity index (χ0n) is 20.0. The maximum Gasteiger partial charge on any atom is 0.247 e. The van der Waals surface area contributed by atoms with E-state index >= 15 is 0 Å². The fourth-order valence-electron chi connectivity index (χ4n) is 4.96. The Kier molecular flexibility index (Phi) is 5.92. The van der Waals surface area contributed by atoms with Gasteiger partial charge in [0.05, 0.1) is 40.3 Å². The normalized spacial score (nSPS) is 21.5. The van der Waals surface area contributed by atoms with E-state index in [1.165, 1.54) is 10.7 Å². The highest BCUT2D eigenvalue weighted by Crippen LogP contribution is 2.38. The second kappa shape index (κ2) is 9.40. The predicted molar refractivity (Wildman–Crippen MR) is 138 cm³/mol. The first-order valence-corrected chi connectivity index (χ1v) is 12.8. The van der Waals surface area contributed by atoms with Gasteiger partial charge in [0.1, 0.15) is 6.07 Å². The van der Waals surface area contributed by atoms with E-state index in [4.69, 9.17) is 16.9 Å². The number of fused-ring (bicyclic) bond motifs is 1. The number of piperazine rings is 1. The van der Waals surface area contributed by atoms with Crippen LogP contribution >= 0.6 is 11.6 Å². The summed E-state index contributed by atoms with van der Waals surface area (Å²) in [5, 5.41) is 39.8. The molecule has 0 amide bonds. The Hall–Kier alpha value is -4.11. The van der Waals surface area contributed by atoms with Crippen molar-refractivity contribution in [2.24, 2.45) is 5.92 Å². The molecule has 3 fully saturated rings. The molecule has 3 aliphatic rings. The molecule has 6 rings (SSSR count). The minimum Gasteiger partial charge on any atom is -0.368 e. The van der Waals surface area contributed by atoms with Crippen molar-refractivity contribution in [1.82, 2.24) is 24.5 Å². The van der Waals surface area contributed by atoms with Gasteiger partial charge in [-0.05, 0) is 37.8 Å². The monoisotopic (exact) mass is 513 g/mol. The minimum absolute atomic E-state index is 0.186. The maximum atomic E-state index is 9.71. The third-order valence-corrected chi connectivity index (χ3v) is 7.69. The van der Waals surface area contributed by atoms with Gasteiger partial charge in [-0.25, -0.2) is 4.98 Å². The molecule has 0 spiro atoms. The molecule has 2 aliphatic carbocycles. The van der Waals surface area contributed by atoms with Gasteiger partial charge in [0, 0.05) is 44.2 Å². The Morgan fingerprint density at radius 3 is 2.49 bits per heavy atom. The number of halogens is 1. The van der Waals surface area contributed by atoms with Crippen LogP contribution < -0.4 is 15.5 Å². The van der Waals surface area contributed by atoms with E-state index < -0.39 is 0 Å². The average molecular weight is 514 g/mol. The van der Waals surface area contributed by atoms with Crippen LogP contribution in [0.1, 0.15) is 36.9 Å². The lowest BCUT2D eigenvalue weighted by Crippen LogP contribution is -2.54. The number of hydrogen-bond donors (Lipinski definition) is 2. The molecule has 11 nitrogen and oxygen atoms in total. The molecule has 0 radical (unpaired) electrons. The van der Waals surface area contributed by atoms with E-state index in [1.807, 2.05) is 6.07 Å². The molecule has 1 saturated heterocycles. The summed E-state index contributed by atoms with van der Waals surface area (Å²) >= 11 is 6.88. The summed E-state index contributed by atoms with van der Waals surface area (Å²) in [6.45, 7) is 3.32. The number of benzene rings is 1. The van der Waals surface area contributed by atoms with Crippen LogP contribution in [0.2, 0.25) is 5.02 Å². The SMILES string of the molecule is N#Cc1cc(Nc2nc(NC3CC3)c3ncc(C#N)n3n2)c(Cl)c(N2CCN(C3CC(C#N)C3)CC2)c1. The molecular weight excluding hydrogens is 490 g/mol. The molecule has 0 bridgehead atoms. The highest BCUT2D eigenvalue weighted by molar-refractivity contribution is 6.36. The van der Waals surface area contributed by atoms with Gasteiger partial charge >= 0.3 is 0 Å². The van der Waals surface area contributed by atoms with E-state index in [0.29, 0.717) is 45.5 Å². The van der Waals surface area contributed by atoms with Crippen molar-refractivity contribution in [1.29, 1.82) is 15.8 Å². The summed E-state index contributed by atoms with van der Waals surface area (Å²) in [4.78, 5) is 13.6. The van der Waals surface area contributed by atoms with Gasteiger partial charge in [0.2, 0.25) is 5.95 Å². The molecule has 3 aromatic rings. The van der Waals surface area contributed by atoms with Crippen LogP contribution in [0.3, 0.4) is 0 Å². The van der Waals surface area contributed by atoms with Gasteiger partial charge in [0.25, 0.3) is 0 Å². The molecule has 1 aliphatic heterocycles. The first-order valence-electron chi connectivity index (χ1n) is 12.4. The number of aromatic nitrogens is 4. The Balaban J connectivity index is 1.26. The number of imidazole rings is 1. The standard InChI is InChI=1S/C25H24ClN11/c26-22-20(32-25-33-23(31-17-1-2-17)24-30-14-19(13-29)37(24)34-25)9-16(12-28)10-21(22)36-5-3-35(4-6-36)18-7-15(8-18)11-27/h9-10,14-15,17-18H,1-8H2,(H2,31,32,33,34). The van der Waals surface area contributed by atoms with Crippen molar-refractivity contribution in [3.05, 3.63) is 34.6 Å². The molecule has 2 saturated carbocycles. The lowest BCUT2D eigenvalue weighted by Gasteiger charge is -2.45. The van der Waals surface area contributed by atoms with Crippen LogP contribution in [0.4, 0.5) is 23.1 Å². The number of nitrogens with zero attached hydrogens (tertiary/aromatic N) is 9. The van der Waals surface area contributed by atoms with Crippen LogP contribution in [0, 0.1) is 39.9 Å². The van der Waals surface area contributed by atoms with Gasteiger partial charge in [-0.2, -0.15) is 25.3 Å². The third-order valence-electron chi connectivity index (χ3n) is 7.29. The quantitative estimate of drug-likeness (QED) is 0.503. The zero-order valence-corrected chi connectivity index (χ0v) is 20.8. The summed E-state index contributed by atoms with van der Waals surface area (Å²) in [5.74, 6) is 0.974. The molecule has 37 heavy (non-hydrogen) atoms. The van der Waals surface area contributed by atoms with Crippen LogP contribution in [0.15, 0.2) is 18.3 Å². The lowest BCUT2D eigenvalue weighted by molar-refractivity contribution is 0.0945. The highest BCUT2D eigenvalue weighted by Gasteiger charge is 2.35. The molecule has 2 N–H and O–H groups in total. The highest BCUT2D eigenvalue weighted by atomic mass is 35.5. The van der Waals surface area contributed by atoms with E-state index in [1.54, 1.807) is 6.07 Å². The predicted octanol–water partition coefficient (Wildman–Crippen LogP) is 3.26. The number of anilines is 4. The largest absolute Gasteiger partial charge is 0.368 e. The van der Waals surface area contributed by atoms with E-state index in [9.17, 15) is 10.5 Å². The molecule has 186 valence electrons. The van der Waals surface area contributed by atoms with Gasteiger partial charge < -0.3 is 15.5 Å². The van der Waals surface area contributed by atoms with Crippen molar-refractivity contribution < 1.29 is 0 Å². The lowest BCUT2D eigenvalue weighted by atomic mass is 9.80. The number of nitriles is 3. The van der Waals surface area contributed by atoms with Crippen LogP contribution in [-0.4, -0.2) is 62.7 Å². The fraction of sp³-hybridized carbons (Fsp3) is 0.440. The Morgan fingerprint density at radius 2 is 1.81 bits per heavy atom. The van der Waals surface area contributed by atoms with Crippen molar-refractivity contribution >= 4 is 40.4 Å². The first-order chi connectivity index (χ1) is 18.1. The van der Waals surface area contributed by atoms with E-state index in [0.717, 1.165) is 57.5 Å². The van der Waals surface area contributed by atoms with Crippen molar-refractivity contribution in [2.45, 2.75) is 37.8 Å². The third kappa shape index (κ3) is 4.46. The summed E-state index contributed by atoms with van der Waals surface area (Å²) in [5.41, 5.74) is 2.55. The van der Waals surface area contributed by atoms with Crippen molar-refractivity contribution in [2.75, 3.05) is 41.7 Å². The summed E-state index contributed by atoms with van der Waals surface area (Å²) < 4.78 is 1.46. The van der Waals surface area contributed by atoms with E-state index in [2.05, 4.69) is 53.7 Å². The molecule has 1 aromatic carbocycles. The average Bonchev–Trinajstić information content (AvgIpc) is 3.61. The molecule has 3 heterocycles.